The van der Waals surface area contributed by atoms with Gasteiger partial charge in [0.25, 0.3) is 0 Å². The van der Waals surface area contributed by atoms with Gasteiger partial charge in [0.05, 0.1) is 11.4 Å². The number of aromatic nitrogens is 1. The van der Waals surface area contributed by atoms with E-state index in [-0.39, 0.29) is 5.75 Å². The zero-order valence-corrected chi connectivity index (χ0v) is 12.3. The maximum Gasteiger partial charge on any atom is 0.387 e. The van der Waals surface area contributed by atoms with Crippen LogP contribution in [-0.2, 0) is 6.54 Å². The summed E-state index contributed by atoms with van der Waals surface area (Å²) < 4.78 is 30.0. The number of aryl methyl sites for hydroxylation is 1. The first-order valence-electron chi connectivity index (χ1n) is 5.95. The predicted octanol–water partition coefficient (Wildman–Crippen LogP) is 4.37. The van der Waals surface area contributed by atoms with Crippen LogP contribution in [0.1, 0.15) is 11.3 Å². The molecule has 0 saturated heterocycles. The molecule has 0 bridgehead atoms. The topological polar surface area (TPSA) is 34.2 Å². The van der Waals surface area contributed by atoms with Gasteiger partial charge >= 0.3 is 6.61 Å². The molecule has 106 valence electrons. The van der Waals surface area contributed by atoms with Crippen molar-refractivity contribution in [3.63, 3.8) is 0 Å². The largest absolute Gasteiger partial charge is 0.434 e. The third kappa shape index (κ3) is 3.90. The van der Waals surface area contributed by atoms with Crippen molar-refractivity contribution in [3.8, 4) is 5.75 Å². The van der Waals surface area contributed by atoms with Gasteiger partial charge in [0.1, 0.15) is 5.75 Å². The molecule has 2 aromatic rings. The Morgan fingerprint density at radius 3 is 2.85 bits per heavy atom. The highest BCUT2D eigenvalue weighted by Gasteiger charge is 2.10. The molecule has 0 amide bonds. The van der Waals surface area contributed by atoms with Crippen LogP contribution in [0, 0.1) is 6.92 Å². The van der Waals surface area contributed by atoms with E-state index in [1.54, 1.807) is 18.3 Å². The Morgan fingerprint density at radius 2 is 2.15 bits per heavy atom. The second-order valence-corrected chi connectivity index (χ2v) is 5.04. The van der Waals surface area contributed by atoms with Crippen molar-refractivity contribution in [2.75, 3.05) is 5.32 Å². The Morgan fingerprint density at radius 1 is 1.35 bits per heavy atom. The lowest BCUT2D eigenvalue weighted by atomic mass is 10.2. The van der Waals surface area contributed by atoms with Gasteiger partial charge in [0.2, 0.25) is 0 Å². The molecule has 6 heteroatoms. The second kappa shape index (κ2) is 6.65. The second-order valence-electron chi connectivity index (χ2n) is 4.12. The number of halogens is 3. The number of benzene rings is 1. The molecule has 1 aromatic heterocycles. The molecule has 0 spiro atoms. The van der Waals surface area contributed by atoms with Crippen LogP contribution in [0.2, 0.25) is 0 Å². The average Bonchev–Trinajstić information content (AvgIpc) is 2.40. The fourth-order valence-electron chi connectivity index (χ4n) is 1.76. The number of hydrogen-bond donors (Lipinski definition) is 1. The molecule has 2 rings (SSSR count). The van der Waals surface area contributed by atoms with Crippen LogP contribution in [0.25, 0.3) is 0 Å². The summed E-state index contributed by atoms with van der Waals surface area (Å²) in [6.07, 6.45) is 1.70. The van der Waals surface area contributed by atoms with Crippen molar-refractivity contribution in [2.24, 2.45) is 0 Å². The first kappa shape index (κ1) is 14.7. The van der Waals surface area contributed by atoms with Gasteiger partial charge in [-0.05, 0) is 37.3 Å². The molecule has 0 fully saturated rings. The zero-order valence-electron chi connectivity index (χ0n) is 10.7. The standard InChI is InChI=1S/C14H13BrF2N2O/c1-9-12(3-2-6-18-9)19-8-10-7-11(15)4-5-13(10)20-14(16)17/h2-7,14,19H,8H2,1H3. The fourth-order valence-corrected chi connectivity index (χ4v) is 2.17. The van der Waals surface area contributed by atoms with Gasteiger partial charge < -0.3 is 10.1 Å². The maximum atomic E-state index is 12.4. The molecular weight excluding hydrogens is 330 g/mol. The summed E-state index contributed by atoms with van der Waals surface area (Å²) >= 11 is 3.32. The van der Waals surface area contributed by atoms with Crippen molar-refractivity contribution in [2.45, 2.75) is 20.1 Å². The highest BCUT2D eigenvalue weighted by Crippen LogP contribution is 2.26. The van der Waals surface area contributed by atoms with Crippen LogP contribution in [-0.4, -0.2) is 11.6 Å². The number of rotatable bonds is 5. The van der Waals surface area contributed by atoms with Crippen molar-refractivity contribution < 1.29 is 13.5 Å². The number of ether oxygens (including phenoxy) is 1. The van der Waals surface area contributed by atoms with E-state index in [2.05, 4.69) is 31.0 Å². The zero-order chi connectivity index (χ0) is 14.5. The third-order valence-electron chi connectivity index (χ3n) is 2.71. The van der Waals surface area contributed by atoms with Crippen LogP contribution in [0.3, 0.4) is 0 Å². The lowest BCUT2D eigenvalue weighted by Gasteiger charge is -2.13. The minimum absolute atomic E-state index is 0.164. The van der Waals surface area contributed by atoms with Gasteiger partial charge in [-0.15, -0.1) is 0 Å². The fraction of sp³-hybridized carbons (Fsp3) is 0.214. The van der Waals surface area contributed by atoms with Gasteiger partial charge in [0.15, 0.2) is 0 Å². The molecule has 1 N–H and O–H groups in total. The number of hydrogen-bond acceptors (Lipinski definition) is 3. The molecular formula is C14H13BrF2N2O. The highest BCUT2D eigenvalue weighted by atomic mass is 79.9. The van der Waals surface area contributed by atoms with E-state index in [9.17, 15) is 8.78 Å². The number of pyridine rings is 1. The summed E-state index contributed by atoms with van der Waals surface area (Å²) in [7, 11) is 0. The quantitative estimate of drug-likeness (QED) is 0.876. The molecule has 0 aliphatic heterocycles. The van der Waals surface area contributed by atoms with E-state index in [1.165, 1.54) is 6.07 Å². The van der Waals surface area contributed by atoms with Crippen molar-refractivity contribution >= 4 is 21.6 Å². The van der Waals surface area contributed by atoms with E-state index >= 15 is 0 Å². The van der Waals surface area contributed by atoms with E-state index < -0.39 is 6.61 Å². The molecule has 1 heterocycles. The summed E-state index contributed by atoms with van der Waals surface area (Å²) in [5, 5.41) is 3.16. The van der Waals surface area contributed by atoms with Crippen LogP contribution >= 0.6 is 15.9 Å². The van der Waals surface area contributed by atoms with Crippen LogP contribution < -0.4 is 10.1 Å². The van der Waals surface area contributed by atoms with E-state index in [0.29, 0.717) is 12.1 Å². The number of anilines is 1. The Hall–Kier alpha value is -1.69. The molecule has 0 unspecified atom stereocenters. The number of nitrogens with zero attached hydrogens (tertiary/aromatic N) is 1. The minimum Gasteiger partial charge on any atom is -0.434 e. The first-order valence-corrected chi connectivity index (χ1v) is 6.74. The SMILES string of the molecule is Cc1ncccc1NCc1cc(Br)ccc1OC(F)F. The Bertz CT molecular complexity index is 593. The average molecular weight is 343 g/mol. The smallest absolute Gasteiger partial charge is 0.387 e. The molecule has 0 aliphatic carbocycles. The summed E-state index contributed by atoms with van der Waals surface area (Å²) in [6.45, 7) is -0.594. The van der Waals surface area contributed by atoms with Gasteiger partial charge in [-0.3, -0.25) is 4.98 Å². The minimum atomic E-state index is -2.84. The van der Waals surface area contributed by atoms with E-state index in [1.807, 2.05) is 19.1 Å². The lowest BCUT2D eigenvalue weighted by molar-refractivity contribution is -0.0504. The molecule has 0 atom stereocenters. The number of alkyl halides is 2. The van der Waals surface area contributed by atoms with Crippen molar-refractivity contribution in [1.82, 2.24) is 4.98 Å². The van der Waals surface area contributed by atoms with Crippen LogP contribution in [0.15, 0.2) is 41.0 Å². The monoisotopic (exact) mass is 342 g/mol. The van der Waals surface area contributed by atoms with E-state index in [4.69, 9.17) is 0 Å². The maximum absolute atomic E-state index is 12.4. The summed E-state index contributed by atoms with van der Waals surface area (Å²) in [5.41, 5.74) is 2.34. The van der Waals surface area contributed by atoms with Crippen molar-refractivity contribution in [1.29, 1.82) is 0 Å². The summed E-state index contributed by atoms with van der Waals surface area (Å²) in [6, 6.07) is 8.62. The van der Waals surface area contributed by atoms with Crippen LogP contribution in [0.4, 0.5) is 14.5 Å². The molecule has 0 saturated carbocycles. The predicted molar refractivity (Wildman–Crippen MR) is 77.1 cm³/mol. The van der Waals surface area contributed by atoms with Crippen LogP contribution in [0.5, 0.6) is 5.75 Å². The van der Waals surface area contributed by atoms with E-state index in [0.717, 1.165) is 15.9 Å². The summed E-state index contributed by atoms with van der Waals surface area (Å²) in [4.78, 5) is 4.16. The Kier molecular flexibility index (Phi) is 4.89. The Labute approximate surface area is 124 Å². The highest BCUT2D eigenvalue weighted by molar-refractivity contribution is 9.10. The molecule has 3 nitrogen and oxygen atoms in total. The normalized spacial score (nSPS) is 10.7. The Balaban J connectivity index is 2.16. The van der Waals surface area contributed by atoms with Crippen molar-refractivity contribution in [3.05, 3.63) is 52.3 Å². The molecule has 20 heavy (non-hydrogen) atoms. The van der Waals surface area contributed by atoms with Gasteiger partial charge in [-0.2, -0.15) is 8.78 Å². The molecule has 0 radical (unpaired) electrons. The molecule has 1 aromatic carbocycles. The van der Waals surface area contributed by atoms with Gasteiger partial charge in [0, 0.05) is 22.8 Å². The third-order valence-corrected chi connectivity index (χ3v) is 3.21. The van der Waals surface area contributed by atoms with Gasteiger partial charge in [-0.25, -0.2) is 0 Å². The lowest BCUT2D eigenvalue weighted by Crippen LogP contribution is -2.08. The molecule has 0 aliphatic rings. The van der Waals surface area contributed by atoms with Gasteiger partial charge in [-0.1, -0.05) is 15.9 Å². The summed E-state index contributed by atoms with van der Waals surface area (Å²) in [5.74, 6) is 0.164. The first-order chi connectivity index (χ1) is 9.56. The number of nitrogens with one attached hydrogen (secondary N) is 1.